The molecule has 9 amide bonds. The molecule has 3 saturated carbocycles. The lowest BCUT2D eigenvalue weighted by molar-refractivity contribution is -0.383. The number of amides is 9. The summed E-state index contributed by atoms with van der Waals surface area (Å²) < 4.78 is 10.7. The molecule has 7 rings (SSSR count). The lowest BCUT2D eigenvalue weighted by atomic mass is 9.47. The van der Waals surface area contributed by atoms with Crippen molar-refractivity contribution in [2.45, 2.75) is 214 Å². The largest absolute Gasteiger partial charge is 0.461 e. The fraction of sp³-hybridized carbons (Fsp3) is 0.701. The minimum atomic E-state index is -1.61. The first kappa shape index (κ1) is 73.6. The van der Waals surface area contributed by atoms with E-state index in [2.05, 4.69) is 93.5 Å². The Morgan fingerprint density at radius 2 is 1.40 bits per heavy atom. The number of esters is 1. The van der Waals surface area contributed by atoms with Gasteiger partial charge in [-0.15, -0.1) is 0 Å². The number of ether oxygens (including phenoxy) is 1. The Labute approximate surface area is 549 Å². The molecule has 1 aromatic carbocycles. The first-order valence-corrected chi connectivity index (χ1v) is 33.9. The Hall–Kier alpha value is -7.84. The molecule has 5 aliphatic rings. The van der Waals surface area contributed by atoms with Crippen molar-refractivity contribution in [3.05, 3.63) is 46.0 Å². The van der Waals surface area contributed by atoms with Crippen molar-refractivity contribution in [1.82, 2.24) is 52.4 Å². The van der Waals surface area contributed by atoms with Crippen LogP contribution < -0.4 is 42.5 Å². The van der Waals surface area contributed by atoms with Gasteiger partial charge in [0.2, 0.25) is 46.9 Å². The van der Waals surface area contributed by atoms with Gasteiger partial charge in [0, 0.05) is 44.1 Å². The quantitative estimate of drug-likeness (QED) is 0.0103. The van der Waals surface area contributed by atoms with Crippen LogP contribution in [0.3, 0.4) is 0 Å². The van der Waals surface area contributed by atoms with E-state index in [1.165, 1.54) is 88.7 Å². The van der Waals surface area contributed by atoms with Crippen molar-refractivity contribution < 1.29 is 67.3 Å². The zero-order chi connectivity index (χ0) is 68.6. The van der Waals surface area contributed by atoms with E-state index in [4.69, 9.17) is 9.37 Å². The first-order valence-electron chi connectivity index (χ1n) is 33.9. The molecule has 13 atom stereocenters. The van der Waals surface area contributed by atoms with E-state index in [9.17, 15) is 63.2 Å². The van der Waals surface area contributed by atoms with Gasteiger partial charge in [0.15, 0.2) is 5.52 Å². The van der Waals surface area contributed by atoms with E-state index in [1.54, 1.807) is 13.8 Å². The summed E-state index contributed by atoms with van der Waals surface area (Å²) in [5.41, 5.74) is 1.93. The summed E-state index contributed by atoms with van der Waals surface area (Å²) in [5, 5.41) is 50.0. The molecular formula is C67H100N12O15. The van der Waals surface area contributed by atoms with Crippen LogP contribution in [0.5, 0.6) is 0 Å². The van der Waals surface area contributed by atoms with Gasteiger partial charge in [-0.05, 0) is 160 Å². The van der Waals surface area contributed by atoms with Crippen LogP contribution in [0.25, 0.3) is 11.0 Å². The van der Waals surface area contributed by atoms with Crippen molar-refractivity contribution in [3.63, 3.8) is 0 Å². The maximum Gasteiger partial charge on any atom is 0.325 e. The number of nitro benzene ring substituents is 1. The van der Waals surface area contributed by atoms with Crippen molar-refractivity contribution in [2.24, 2.45) is 52.3 Å². The number of hydrogen-bond acceptors (Lipinski definition) is 18. The Kier molecular flexibility index (Phi) is 26.2. The van der Waals surface area contributed by atoms with Gasteiger partial charge in [0.25, 0.3) is 11.8 Å². The van der Waals surface area contributed by atoms with Crippen molar-refractivity contribution in [3.8, 4) is 0 Å². The van der Waals surface area contributed by atoms with E-state index in [1.807, 2.05) is 0 Å². The van der Waals surface area contributed by atoms with Gasteiger partial charge in [-0.1, -0.05) is 85.8 Å². The average molecular weight is 1310 g/mol. The van der Waals surface area contributed by atoms with Crippen LogP contribution in [0.1, 0.15) is 178 Å². The molecule has 2 aromatic rings. The summed E-state index contributed by atoms with van der Waals surface area (Å²) >= 11 is 0. The Morgan fingerprint density at radius 3 is 2.10 bits per heavy atom. The number of anilines is 1. The molecule has 0 unspecified atom stereocenters. The molecule has 518 valence electrons. The second kappa shape index (κ2) is 33.5. The molecule has 0 spiro atoms. The van der Waals surface area contributed by atoms with Crippen LogP contribution in [0.4, 0.5) is 11.4 Å². The number of unbranched alkanes of at least 4 members (excludes halogenated alkanes) is 3. The number of imide groups is 1. The highest BCUT2D eigenvalue weighted by Gasteiger charge is 2.59. The lowest BCUT2D eigenvalue weighted by Crippen LogP contribution is -2.59. The van der Waals surface area contributed by atoms with Gasteiger partial charge in [0.1, 0.15) is 42.9 Å². The Balaban J connectivity index is 0.869. The van der Waals surface area contributed by atoms with Crippen molar-refractivity contribution in [2.75, 3.05) is 38.1 Å². The van der Waals surface area contributed by atoms with Gasteiger partial charge in [-0.25, -0.2) is 4.63 Å². The van der Waals surface area contributed by atoms with Crippen LogP contribution in [-0.4, -0.2) is 153 Å². The first-order chi connectivity index (χ1) is 44.6. The lowest BCUT2D eigenvalue weighted by Gasteiger charge is -2.58. The zero-order valence-corrected chi connectivity index (χ0v) is 56.1. The number of nitrogens with one attached hydrogen (secondary N) is 8. The zero-order valence-electron chi connectivity index (χ0n) is 56.1. The number of benzene rings is 1. The summed E-state index contributed by atoms with van der Waals surface area (Å²) in [6.45, 7) is 16.7. The minimum absolute atomic E-state index is 0.0517. The third-order valence-corrected chi connectivity index (χ3v) is 20.6. The highest BCUT2D eigenvalue weighted by atomic mass is 16.6. The number of carbonyl (C=O) groups is 10. The van der Waals surface area contributed by atoms with Crippen molar-refractivity contribution in [1.29, 1.82) is 0 Å². The van der Waals surface area contributed by atoms with Crippen LogP contribution in [0.15, 0.2) is 40.6 Å². The minimum Gasteiger partial charge on any atom is -0.461 e. The van der Waals surface area contributed by atoms with Crippen LogP contribution in [0.2, 0.25) is 0 Å². The molecule has 1 aromatic heterocycles. The van der Waals surface area contributed by atoms with Gasteiger partial charge in [-0.2, -0.15) is 0 Å². The maximum atomic E-state index is 14.0. The third kappa shape index (κ3) is 18.8. The SMILES string of the molecule is CC(C)CCC[C@@H](C)[C@H]1CC[C@H]2[C@@H]3CC=C4C[C@@H](OC(=O)CNC(=O)CNC(=O)[C@H](CO)NC(=O)[C@H](CCCCNc5ccc([N+](=O)[O-])c6nonc56)NC(=O)[C@H](C)NC(=O)[C@H](C)NC(=O)[C@@H](NC(=O)CCCCCN5C(=O)C=CC5=O)C(C)C)CC[C@]4(C)[C@H]3CC[C@]12C. The number of carbonyl (C=O) groups excluding carboxylic acids is 10. The molecule has 2 heterocycles. The second-order valence-corrected chi connectivity index (χ2v) is 27.9. The van der Waals surface area contributed by atoms with Gasteiger partial charge >= 0.3 is 11.7 Å². The van der Waals surface area contributed by atoms with Crippen LogP contribution in [-0.2, 0) is 52.7 Å². The molecule has 94 heavy (non-hydrogen) atoms. The number of rotatable bonds is 35. The summed E-state index contributed by atoms with van der Waals surface area (Å²) in [4.78, 5) is 143. The average Bonchev–Trinajstić information content (AvgIpc) is 1.37. The number of aromatic nitrogens is 2. The van der Waals surface area contributed by atoms with Gasteiger partial charge < -0.3 is 52.4 Å². The second-order valence-electron chi connectivity index (χ2n) is 27.9. The van der Waals surface area contributed by atoms with E-state index in [-0.39, 0.29) is 72.4 Å². The number of non-ortho nitro benzene ring substituents is 1. The fourth-order valence-corrected chi connectivity index (χ4v) is 15.3. The van der Waals surface area contributed by atoms with Gasteiger partial charge in [0.05, 0.1) is 23.8 Å². The summed E-state index contributed by atoms with van der Waals surface area (Å²) in [6.07, 6.45) is 19.0. The monoisotopic (exact) mass is 1310 g/mol. The predicted molar refractivity (Wildman–Crippen MR) is 347 cm³/mol. The standard InChI is InChI=1S/C67H100N12O15/c1-38(2)16-15-17-40(5)46-22-23-47-45-21-20-43-34-44(28-30-66(43,8)48(45)29-31-67(46,47)9)93-57(85)36-69-54(82)35-70-63(88)51(37-80)74-64(89)50(18-12-13-32-68-49-24-25-52(79(91)92)60-59(49)76-94-77-60)73-62(87)42(7)71-61(86)41(6)72-65(90)58(39(3)4)75-53(81)19-11-10-14-33-78-55(83)26-27-56(78)84/h20,24-27,38-42,44-48,50-51,58,68,80H,10-19,21-23,28-37H2,1-9H3,(H,69,82)(H,70,88)(H,71,86)(H,72,90)(H,73,87)(H,74,89)(H,75,81)/t40-,41+,42+,44+,45+,46-,47+,48+,50+,51+,58+,66+,67-/m1/s1. The topological polar surface area (TPSA) is 382 Å². The predicted octanol–water partition coefficient (Wildman–Crippen LogP) is 5.50. The molecule has 1 aliphatic heterocycles. The Morgan fingerprint density at radius 1 is 0.713 bits per heavy atom. The maximum absolute atomic E-state index is 14.0. The Bertz CT molecular complexity index is 3130. The molecule has 9 N–H and O–H groups in total. The third-order valence-electron chi connectivity index (χ3n) is 20.6. The fourth-order valence-electron chi connectivity index (χ4n) is 15.3. The number of nitrogens with zero attached hydrogens (tertiary/aromatic N) is 4. The van der Waals surface area contributed by atoms with Gasteiger partial charge in [-0.3, -0.25) is 63.0 Å². The molecule has 27 heteroatoms. The number of aliphatic hydroxyl groups is 1. The molecule has 0 bridgehead atoms. The number of aliphatic hydroxyl groups excluding tert-OH is 1. The summed E-state index contributed by atoms with van der Waals surface area (Å²) in [5.74, 6) is -2.83. The normalized spacial score (nSPS) is 24.1. The van der Waals surface area contributed by atoms with E-state index in [0.29, 0.717) is 55.0 Å². The number of allylic oxidation sites excluding steroid dienone is 1. The van der Waals surface area contributed by atoms with Crippen LogP contribution in [0, 0.1) is 62.4 Å². The van der Waals surface area contributed by atoms with Crippen molar-refractivity contribution >= 4 is 81.5 Å². The molecule has 4 aliphatic carbocycles. The summed E-state index contributed by atoms with van der Waals surface area (Å²) in [6, 6.07) is -3.85. The molecule has 27 nitrogen and oxygen atoms in total. The molecule has 0 radical (unpaired) electrons. The number of fused-ring (bicyclic) bond motifs is 6. The molecule has 3 fully saturated rings. The number of hydrogen-bond donors (Lipinski definition) is 9. The van der Waals surface area contributed by atoms with E-state index < -0.39 is 108 Å². The van der Waals surface area contributed by atoms with Crippen LogP contribution >= 0.6 is 0 Å². The molecule has 0 saturated heterocycles. The number of nitro groups is 1. The highest BCUT2D eigenvalue weighted by Crippen LogP contribution is 2.67. The van der Waals surface area contributed by atoms with E-state index in [0.717, 1.165) is 47.8 Å². The molecular weight excluding hydrogens is 1210 g/mol. The summed E-state index contributed by atoms with van der Waals surface area (Å²) in [7, 11) is 0. The highest BCUT2D eigenvalue weighted by molar-refractivity contribution is 6.12. The van der Waals surface area contributed by atoms with E-state index >= 15 is 0 Å². The smallest absolute Gasteiger partial charge is 0.325 e.